The van der Waals surface area contributed by atoms with Crippen LogP contribution in [0.25, 0.3) is 0 Å². The second-order valence-electron chi connectivity index (χ2n) is 5.87. The zero-order valence-corrected chi connectivity index (χ0v) is 17.3. The Morgan fingerprint density at radius 3 is 2.33 bits per heavy atom. The number of sulfonamides is 1. The van der Waals surface area contributed by atoms with Crippen LogP contribution in [0.1, 0.15) is 36.0 Å². The Balaban J connectivity index is 2.27. The first-order valence-corrected chi connectivity index (χ1v) is 10.7. The number of thiophene rings is 1. The van der Waals surface area contributed by atoms with Gasteiger partial charge in [0.25, 0.3) is 5.91 Å². The standard InChI is InChI=1S/C18H23N3O4S2/c1-5-21(6-2)27(24,25)14-8-7-12(3)15(11-14)20-18(23)16-9-10-17(26-16)19-13(4)22/h7-11H,5-6H2,1-4H3,(H,19,22)(H,20,23). The Bertz CT molecular complexity index is 947. The average Bonchev–Trinajstić information content (AvgIpc) is 3.05. The van der Waals surface area contributed by atoms with Gasteiger partial charge in [0.1, 0.15) is 0 Å². The molecule has 0 bridgehead atoms. The number of carbonyl (C=O) groups excluding carboxylic acids is 2. The van der Waals surface area contributed by atoms with Gasteiger partial charge in [0.15, 0.2) is 0 Å². The van der Waals surface area contributed by atoms with Gasteiger partial charge in [-0.15, -0.1) is 11.3 Å². The molecule has 146 valence electrons. The van der Waals surface area contributed by atoms with Crippen LogP contribution in [-0.2, 0) is 14.8 Å². The molecule has 1 aromatic carbocycles. The van der Waals surface area contributed by atoms with E-state index in [1.807, 2.05) is 0 Å². The first-order valence-electron chi connectivity index (χ1n) is 8.48. The molecule has 7 nitrogen and oxygen atoms in total. The predicted octanol–water partition coefficient (Wildman–Crippen LogP) is 3.30. The molecule has 27 heavy (non-hydrogen) atoms. The van der Waals surface area contributed by atoms with E-state index >= 15 is 0 Å². The second kappa shape index (κ2) is 8.64. The zero-order valence-electron chi connectivity index (χ0n) is 15.7. The number of nitrogens with one attached hydrogen (secondary N) is 2. The Morgan fingerprint density at radius 1 is 1.07 bits per heavy atom. The van der Waals surface area contributed by atoms with Crippen molar-refractivity contribution in [2.24, 2.45) is 0 Å². The van der Waals surface area contributed by atoms with Crippen LogP contribution >= 0.6 is 11.3 Å². The number of aryl methyl sites for hydroxylation is 1. The molecule has 0 aliphatic heterocycles. The summed E-state index contributed by atoms with van der Waals surface area (Å²) < 4.78 is 26.8. The van der Waals surface area contributed by atoms with Crippen LogP contribution in [0.15, 0.2) is 35.2 Å². The molecular formula is C18H23N3O4S2. The third-order valence-electron chi connectivity index (χ3n) is 3.93. The lowest BCUT2D eigenvalue weighted by Gasteiger charge is -2.19. The fourth-order valence-corrected chi connectivity index (χ4v) is 4.83. The Morgan fingerprint density at radius 2 is 1.74 bits per heavy atom. The maximum absolute atomic E-state index is 12.7. The molecule has 0 aliphatic rings. The van der Waals surface area contributed by atoms with E-state index in [-0.39, 0.29) is 16.7 Å². The zero-order chi connectivity index (χ0) is 20.2. The minimum absolute atomic E-state index is 0.136. The number of hydrogen-bond acceptors (Lipinski definition) is 5. The number of rotatable bonds is 7. The van der Waals surface area contributed by atoms with E-state index in [1.165, 1.54) is 17.3 Å². The third-order valence-corrected chi connectivity index (χ3v) is 6.97. The fourth-order valence-electron chi connectivity index (χ4n) is 2.49. The van der Waals surface area contributed by atoms with E-state index in [1.54, 1.807) is 45.0 Å². The number of benzene rings is 1. The summed E-state index contributed by atoms with van der Waals surface area (Å²) in [6.45, 7) is 7.49. The lowest BCUT2D eigenvalue weighted by Crippen LogP contribution is -2.30. The molecule has 9 heteroatoms. The van der Waals surface area contributed by atoms with E-state index in [2.05, 4.69) is 10.6 Å². The molecule has 0 spiro atoms. The number of anilines is 2. The molecule has 0 saturated heterocycles. The molecule has 0 radical (unpaired) electrons. The maximum atomic E-state index is 12.7. The highest BCUT2D eigenvalue weighted by atomic mass is 32.2. The molecule has 2 amide bonds. The summed E-state index contributed by atoms with van der Waals surface area (Å²) in [6.07, 6.45) is 0. The van der Waals surface area contributed by atoms with Gasteiger partial charge in [0, 0.05) is 25.7 Å². The summed E-state index contributed by atoms with van der Waals surface area (Å²) in [7, 11) is -3.61. The molecule has 0 fully saturated rings. The van der Waals surface area contributed by atoms with Gasteiger partial charge >= 0.3 is 0 Å². The summed E-state index contributed by atoms with van der Waals surface area (Å²) in [5.41, 5.74) is 1.18. The molecule has 2 rings (SSSR count). The fraction of sp³-hybridized carbons (Fsp3) is 0.333. The molecular weight excluding hydrogens is 386 g/mol. The van der Waals surface area contributed by atoms with E-state index in [4.69, 9.17) is 0 Å². The van der Waals surface area contributed by atoms with Crippen molar-refractivity contribution in [3.05, 3.63) is 40.8 Å². The quantitative estimate of drug-likeness (QED) is 0.733. The summed E-state index contributed by atoms with van der Waals surface area (Å²) in [6, 6.07) is 7.94. The van der Waals surface area contributed by atoms with Crippen molar-refractivity contribution in [3.8, 4) is 0 Å². The average molecular weight is 410 g/mol. The molecule has 0 unspecified atom stereocenters. The van der Waals surface area contributed by atoms with E-state index in [0.717, 1.165) is 16.9 Å². The van der Waals surface area contributed by atoms with Gasteiger partial charge < -0.3 is 10.6 Å². The highest BCUT2D eigenvalue weighted by molar-refractivity contribution is 7.89. The first-order chi connectivity index (χ1) is 12.7. The smallest absolute Gasteiger partial charge is 0.265 e. The predicted molar refractivity (Wildman–Crippen MR) is 108 cm³/mol. The molecule has 2 aromatic rings. The molecule has 0 aliphatic carbocycles. The van der Waals surface area contributed by atoms with Crippen LogP contribution in [0.4, 0.5) is 10.7 Å². The number of carbonyl (C=O) groups is 2. The van der Waals surface area contributed by atoms with E-state index < -0.39 is 10.0 Å². The summed E-state index contributed by atoms with van der Waals surface area (Å²) in [4.78, 5) is 24.1. The van der Waals surface area contributed by atoms with Gasteiger partial charge in [0.05, 0.1) is 14.8 Å². The SMILES string of the molecule is CCN(CC)S(=O)(=O)c1ccc(C)c(NC(=O)c2ccc(NC(C)=O)s2)c1. The lowest BCUT2D eigenvalue weighted by atomic mass is 10.2. The van der Waals surface area contributed by atoms with Gasteiger partial charge in [0.2, 0.25) is 15.9 Å². The minimum Gasteiger partial charge on any atom is -0.321 e. The molecule has 1 aromatic heterocycles. The lowest BCUT2D eigenvalue weighted by molar-refractivity contribution is -0.114. The number of nitrogens with zero attached hydrogens (tertiary/aromatic N) is 1. The van der Waals surface area contributed by atoms with Crippen molar-refractivity contribution < 1.29 is 18.0 Å². The first kappa shape index (κ1) is 21.1. The Labute approximate surface area is 163 Å². The Hall–Kier alpha value is -2.23. The van der Waals surface area contributed by atoms with Gasteiger partial charge in [-0.25, -0.2) is 8.42 Å². The van der Waals surface area contributed by atoms with Crippen molar-refractivity contribution >= 4 is 43.9 Å². The summed E-state index contributed by atoms with van der Waals surface area (Å²) >= 11 is 1.15. The molecule has 0 atom stereocenters. The molecule has 1 heterocycles. The Kier molecular flexibility index (Phi) is 6.74. The highest BCUT2D eigenvalue weighted by Gasteiger charge is 2.22. The summed E-state index contributed by atoms with van der Waals surface area (Å²) in [5.74, 6) is -0.578. The van der Waals surface area contributed by atoms with Crippen LogP contribution in [0.5, 0.6) is 0 Å². The van der Waals surface area contributed by atoms with Crippen molar-refractivity contribution in [2.45, 2.75) is 32.6 Å². The van der Waals surface area contributed by atoms with Crippen LogP contribution in [0.3, 0.4) is 0 Å². The van der Waals surface area contributed by atoms with Gasteiger partial charge in [-0.2, -0.15) is 4.31 Å². The van der Waals surface area contributed by atoms with E-state index in [0.29, 0.717) is 28.7 Å². The third kappa shape index (κ3) is 4.94. The van der Waals surface area contributed by atoms with Crippen molar-refractivity contribution in [2.75, 3.05) is 23.7 Å². The van der Waals surface area contributed by atoms with Crippen LogP contribution in [0, 0.1) is 6.92 Å². The topological polar surface area (TPSA) is 95.6 Å². The second-order valence-corrected chi connectivity index (χ2v) is 8.89. The number of hydrogen-bond donors (Lipinski definition) is 2. The van der Waals surface area contributed by atoms with Crippen molar-refractivity contribution in [1.82, 2.24) is 4.31 Å². The maximum Gasteiger partial charge on any atom is 0.265 e. The van der Waals surface area contributed by atoms with Gasteiger partial charge in [-0.05, 0) is 36.8 Å². The highest BCUT2D eigenvalue weighted by Crippen LogP contribution is 2.26. The normalized spacial score (nSPS) is 11.4. The summed E-state index contributed by atoms with van der Waals surface area (Å²) in [5, 5.41) is 5.95. The van der Waals surface area contributed by atoms with Crippen molar-refractivity contribution in [3.63, 3.8) is 0 Å². The van der Waals surface area contributed by atoms with Gasteiger partial charge in [-0.3, -0.25) is 9.59 Å². The largest absolute Gasteiger partial charge is 0.321 e. The monoisotopic (exact) mass is 409 g/mol. The van der Waals surface area contributed by atoms with Crippen molar-refractivity contribution in [1.29, 1.82) is 0 Å². The van der Waals surface area contributed by atoms with E-state index in [9.17, 15) is 18.0 Å². The van der Waals surface area contributed by atoms with Crippen LogP contribution in [0.2, 0.25) is 0 Å². The number of amides is 2. The van der Waals surface area contributed by atoms with Crippen LogP contribution in [-0.4, -0.2) is 37.6 Å². The molecule has 0 saturated carbocycles. The molecule has 2 N–H and O–H groups in total. The van der Waals surface area contributed by atoms with Crippen LogP contribution < -0.4 is 10.6 Å². The minimum atomic E-state index is -3.61. The van der Waals surface area contributed by atoms with Gasteiger partial charge in [-0.1, -0.05) is 19.9 Å².